The first-order valence-electron chi connectivity index (χ1n) is 6.14. The molecule has 21 heavy (non-hydrogen) atoms. The van der Waals surface area contributed by atoms with Gasteiger partial charge in [0.15, 0.2) is 0 Å². The molecule has 0 aliphatic rings. The number of aryl methyl sites for hydroxylation is 1. The zero-order valence-electron chi connectivity index (χ0n) is 11.0. The third-order valence-electron chi connectivity index (χ3n) is 2.98. The van der Waals surface area contributed by atoms with E-state index >= 15 is 0 Å². The molecule has 1 N–H and O–H groups in total. The number of benzene rings is 2. The predicted octanol–water partition coefficient (Wildman–Crippen LogP) is 4.21. The summed E-state index contributed by atoms with van der Waals surface area (Å²) in [5.41, 5.74) is 1.84. The summed E-state index contributed by atoms with van der Waals surface area (Å²) in [6.45, 7) is 1.89. The molecule has 1 heterocycles. The summed E-state index contributed by atoms with van der Waals surface area (Å²) >= 11 is 5.96. The summed E-state index contributed by atoms with van der Waals surface area (Å²) in [6.07, 6.45) is 0. The molecular weight excluding hydrogens is 295 g/mol. The fraction of sp³-hybridized carbons (Fsp3) is 0.0667. The van der Waals surface area contributed by atoms with Crippen LogP contribution in [0, 0.1) is 12.7 Å². The van der Waals surface area contributed by atoms with E-state index in [9.17, 15) is 9.50 Å². The molecule has 106 valence electrons. The zero-order chi connectivity index (χ0) is 15.0. The molecule has 0 saturated carbocycles. The van der Waals surface area contributed by atoms with Crippen LogP contribution in [0.25, 0.3) is 22.8 Å². The van der Waals surface area contributed by atoms with Crippen LogP contribution in [0.15, 0.2) is 40.9 Å². The summed E-state index contributed by atoms with van der Waals surface area (Å²) in [5.74, 6) is 0.00676. The molecule has 6 heteroatoms. The second kappa shape index (κ2) is 5.18. The number of nitrogens with zero attached hydrogens (tertiary/aromatic N) is 2. The second-order valence-electron chi connectivity index (χ2n) is 4.57. The molecule has 0 spiro atoms. The van der Waals surface area contributed by atoms with E-state index < -0.39 is 5.82 Å². The lowest BCUT2D eigenvalue weighted by Gasteiger charge is -2.00. The van der Waals surface area contributed by atoms with Crippen molar-refractivity contribution >= 4 is 11.6 Å². The molecular formula is C15H10ClFN2O2. The van der Waals surface area contributed by atoms with Crippen molar-refractivity contribution in [2.75, 3.05) is 0 Å². The third-order valence-corrected chi connectivity index (χ3v) is 3.29. The van der Waals surface area contributed by atoms with Crippen molar-refractivity contribution in [1.29, 1.82) is 0 Å². The van der Waals surface area contributed by atoms with Crippen molar-refractivity contribution in [1.82, 2.24) is 10.1 Å². The van der Waals surface area contributed by atoms with Crippen LogP contribution in [-0.4, -0.2) is 15.2 Å². The smallest absolute Gasteiger partial charge is 0.262 e. The lowest BCUT2D eigenvalue weighted by molar-refractivity contribution is 0.425. The van der Waals surface area contributed by atoms with Crippen molar-refractivity contribution in [2.45, 2.75) is 6.92 Å². The van der Waals surface area contributed by atoms with E-state index in [1.165, 1.54) is 18.2 Å². The maximum Gasteiger partial charge on any atom is 0.262 e. The minimum absolute atomic E-state index is 0.0426. The molecule has 0 saturated heterocycles. The topological polar surface area (TPSA) is 59.2 Å². The van der Waals surface area contributed by atoms with E-state index in [2.05, 4.69) is 10.1 Å². The van der Waals surface area contributed by atoms with Gasteiger partial charge in [-0.2, -0.15) is 4.98 Å². The molecule has 0 fully saturated rings. The van der Waals surface area contributed by atoms with Gasteiger partial charge in [-0.25, -0.2) is 4.39 Å². The fourth-order valence-electron chi connectivity index (χ4n) is 1.93. The predicted molar refractivity (Wildman–Crippen MR) is 76.5 cm³/mol. The number of phenols is 1. The van der Waals surface area contributed by atoms with Gasteiger partial charge in [0.2, 0.25) is 5.82 Å². The molecule has 2 aromatic carbocycles. The van der Waals surface area contributed by atoms with Gasteiger partial charge < -0.3 is 9.63 Å². The molecule has 0 atom stereocenters. The molecule has 0 bridgehead atoms. The number of hydrogen-bond acceptors (Lipinski definition) is 4. The minimum Gasteiger partial charge on any atom is -0.507 e. The summed E-state index contributed by atoms with van der Waals surface area (Å²) < 4.78 is 18.2. The summed E-state index contributed by atoms with van der Waals surface area (Å²) in [6, 6.07) is 8.98. The number of rotatable bonds is 2. The molecule has 0 aliphatic heterocycles. The van der Waals surface area contributed by atoms with Crippen LogP contribution in [0.4, 0.5) is 4.39 Å². The van der Waals surface area contributed by atoms with Gasteiger partial charge in [0.1, 0.15) is 11.6 Å². The number of aromatic hydroxyl groups is 1. The van der Waals surface area contributed by atoms with Gasteiger partial charge in [0.05, 0.1) is 10.6 Å². The highest BCUT2D eigenvalue weighted by atomic mass is 35.5. The number of phenolic OH excluding ortho intramolecular Hbond substituents is 1. The Morgan fingerprint density at radius 1 is 1.14 bits per heavy atom. The Bertz CT molecular complexity index is 817. The highest BCUT2D eigenvalue weighted by molar-refractivity contribution is 6.33. The molecule has 0 radical (unpaired) electrons. The normalized spacial score (nSPS) is 10.8. The van der Waals surface area contributed by atoms with Crippen LogP contribution in [-0.2, 0) is 0 Å². The first kappa shape index (κ1) is 13.6. The Balaban J connectivity index is 2.06. The van der Waals surface area contributed by atoms with Crippen LogP contribution in [0.2, 0.25) is 5.02 Å². The number of halogens is 2. The maximum atomic E-state index is 13.0. The number of aromatic nitrogens is 2. The summed E-state index contributed by atoms with van der Waals surface area (Å²) in [5, 5.41) is 13.9. The third kappa shape index (κ3) is 2.60. The van der Waals surface area contributed by atoms with Crippen molar-refractivity contribution < 1.29 is 14.0 Å². The molecule has 0 unspecified atom stereocenters. The van der Waals surface area contributed by atoms with Crippen LogP contribution in [0.3, 0.4) is 0 Å². The monoisotopic (exact) mass is 304 g/mol. The van der Waals surface area contributed by atoms with Gasteiger partial charge in [0.25, 0.3) is 5.89 Å². The largest absolute Gasteiger partial charge is 0.507 e. The Kier molecular flexibility index (Phi) is 3.35. The van der Waals surface area contributed by atoms with Crippen LogP contribution in [0.1, 0.15) is 5.56 Å². The van der Waals surface area contributed by atoms with E-state index in [4.69, 9.17) is 16.1 Å². The van der Waals surface area contributed by atoms with Gasteiger partial charge in [0, 0.05) is 5.56 Å². The van der Waals surface area contributed by atoms with Gasteiger partial charge >= 0.3 is 0 Å². The highest BCUT2D eigenvalue weighted by Gasteiger charge is 2.16. The van der Waals surface area contributed by atoms with E-state index in [1.807, 2.05) is 6.92 Å². The Morgan fingerprint density at radius 2 is 1.95 bits per heavy atom. The lowest BCUT2D eigenvalue weighted by Crippen LogP contribution is -1.85. The maximum absolute atomic E-state index is 13.0. The minimum atomic E-state index is -0.441. The summed E-state index contributed by atoms with van der Waals surface area (Å²) in [7, 11) is 0. The fourth-order valence-corrected chi connectivity index (χ4v) is 2.19. The van der Waals surface area contributed by atoms with E-state index in [0.29, 0.717) is 11.1 Å². The van der Waals surface area contributed by atoms with Gasteiger partial charge in [-0.05, 0) is 37.3 Å². The van der Waals surface area contributed by atoms with E-state index in [-0.39, 0.29) is 22.5 Å². The highest BCUT2D eigenvalue weighted by Crippen LogP contribution is 2.32. The first-order valence-corrected chi connectivity index (χ1v) is 6.51. The molecule has 0 amide bonds. The summed E-state index contributed by atoms with van der Waals surface area (Å²) in [4.78, 5) is 4.20. The Morgan fingerprint density at radius 3 is 2.71 bits per heavy atom. The van der Waals surface area contributed by atoms with Crippen molar-refractivity contribution in [3.63, 3.8) is 0 Å². The quantitative estimate of drug-likeness (QED) is 0.770. The van der Waals surface area contributed by atoms with E-state index in [1.54, 1.807) is 18.2 Å². The first-order chi connectivity index (χ1) is 10.0. The van der Waals surface area contributed by atoms with Crippen LogP contribution < -0.4 is 0 Å². The van der Waals surface area contributed by atoms with Crippen molar-refractivity contribution in [2.24, 2.45) is 0 Å². The van der Waals surface area contributed by atoms with Gasteiger partial charge in [-0.3, -0.25) is 0 Å². The molecule has 3 aromatic rings. The van der Waals surface area contributed by atoms with Crippen molar-refractivity contribution in [3.05, 3.63) is 52.8 Å². The van der Waals surface area contributed by atoms with Crippen LogP contribution in [0.5, 0.6) is 5.75 Å². The van der Waals surface area contributed by atoms with Crippen molar-refractivity contribution in [3.8, 4) is 28.6 Å². The Labute approximate surface area is 124 Å². The zero-order valence-corrected chi connectivity index (χ0v) is 11.7. The van der Waals surface area contributed by atoms with E-state index in [0.717, 1.165) is 5.56 Å². The standard InChI is InChI=1S/C15H10ClFN2O2/c1-8-2-5-13(20)11(6-8)15-18-14(19-21-15)10-4-3-9(17)7-12(10)16/h2-7,20H,1H3. The van der Waals surface area contributed by atoms with Crippen LogP contribution >= 0.6 is 11.6 Å². The average molecular weight is 305 g/mol. The molecule has 3 rings (SSSR count). The molecule has 4 nitrogen and oxygen atoms in total. The lowest BCUT2D eigenvalue weighted by atomic mass is 10.1. The van der Waals surface area contributed by atoms with Gasteiger partial charge in [-0.15, -0.1) is 0 Å². The Hall–Kier alpha value is -2.40. The average Bonchev–Trinajstić information content (AvgIpc) is 2.91. The SMILES string of the molecule is Cc1ccc(O)c(-c2nc(-c3ccc(F)cc3Cl)no2)c1. The van der Waals surface area contributed by atoms with Gasteiger partial charge in [-0.1, -0.05) is 28.4 Å². The molecule has 1 aromatic heterocycles. The molecule has 0 aliphatic carbocycles. The number of hydrogen-bond donors (Lipinski definition) is 1. The second-order valence-corrected chi connectivity index (χ2v) is 4.98.